The van der Waals surface area contributed by atoms with E-state index in [1.165, 1.54) is 36.4 Å². The summed E-state index contributed by atoms with van der Waals surface area (Å²) in [6, 6.07) is 17.0. The Balaban J connectivity index is 1.59. The highest BCUT2D eigenvalue weighted by atomic mass is 32.2. The molecule has 1 aliphatic heterocycles. The number of aryl methyl sites for hydroxylation is 1. The zero-order valence-electron chi connectivity index (χ0n) is 16.7. The van der Waals surface area contributed by atoms with Gasteiger partial charge in [-0.25, -0.2) is 0 Å². The van der Waals surface area contributed by atoms with Gasteiger partial charge in [-0.1, -0.05) is 59.5 Å². The number of para-hydroxylation sites is 2. The monoisotopic (exact) mass is 421 g/mol. The summed E-state index contributed by atoms with van der Waals surface area (Å²) in [6.07, 6.45) is 10.4. The predicted octanol–water partition coefficient (Wildman–Crippen LogP) is 5.52. The van der Waals surface area contributed by atoms with Gasteiger partial charge >= 0.3 is 0 Å². The van der Waals surface area contributed by atoms with Crippen molar-refractivity contribution < 1.29 is 9.67 Å². The lowest BCUT2D eigenvalue weighted by Gasteiger charge is -2.12. The molecule has 0 spiro atoms. The van der Waals surface area contributed by atoms with Gasteiger partial charge < -0.3 is 10.0 Å². The van der Waals surface area contributed by atoms with Crippen molar-refractivity contribution in [1.82, 2.24) is 0 Å². The van der Waals surface area contributed by atoms with Crippen LogP contribution in [0.25, 0.3) is 16.3 Å². The molecule has 4 rings (SSSR count). The minimum atomic E-state index is 0.207. The highest BCUT2D eigenvalue weighted by molar-refractivity contribution is 8.03. The zero-order valence-corrected chi connectivity index (χ0v) is 18.3. The Morgan fingerprint density at radius 1 is 1.14 bits per heavy atom. The molecule has 0 amide bonds. The first-order valence-corrected chi connectivity index (χ1v) is 11.4. The second kappa shape index (κ2) is 8.99. The molecule has 2 heterocycles. The van der Waals surface area contributed by atoms with Gasteiger partial charge in [-0.2, -0.15) is 4.57 Å². The van der Waals surface area contributed by atoms with Crippen molar-refractivity contribution in [3.63, 3.8) is 0 Å². The molecular formula is C24H25N2OS2+. The van der Waals surface area contributed by atoms with Crippen molar-refractivity contribution in [1.29, 1.82) is 0 Å². The molecule has 148 valence electrons. The lowest BCUT2D eigenvalue weighted by atomic mass is 10.1. The van der Waals surface area contributed by atoms with Gasteiger partial charge in [0.2, 0.25) is 5.52 Å². The maximum atomic E-state index is 9.30. The third-order valence-electron chi connectivity index (χ3n) is 5.05. The maximum Gasteiger partial charge on any atom is 0.262 e. The van der Waals surface area contributed by atoms with Gasteiger partial charge in [-0.15, -0.1) is 0 Å². The lowest BCUT2D eigenvalue weighted by molar-refractivity contribution is -0.642. The summed E-state index contributed by atoms with van der Waals surface area (Å²) in [5.41, 5.74) is 3.72. The number of anilines is 1. The molecule has 0 fully saturated rings. The highest BCUT2D eigenvalue weighted by Gasteiger charge is 2.20. The van der Waals surface area contributed by atoms with Crippen LogP contribution >= 0.6 is 23.1 Å². The van der Waals surface area contributed by atoms with Crippen LogP contribution in [0.15, 0.2) is 82.3 Å². The first-order valence-electron chi connectivity index (χ1n) is 9.75. The normalized spacial score (nSPS) is 15.8. The molecule has 0 radical (unpaired) electrons. The summed E-state index contributed by atoms with van der Waals surface area (Å²) in [5.74, 6) is 0. The van der Waals surface area contributed by atoms with Crippen LogP contribution in [0.4, 0.5) is 5.69 Å². The SMILES string of the molecule is CN1/C(=C/C=C(/C=C/c2sc3ccccc3[n+]2C)CCCO)Sc2ccccc21. The Bertz CT molecular complexity index is 1110. The van der Waals surface area contributed by atoms with E-state index >= 15 is 0 Å². The zero-order chi connectivity index (χ0) is 20.2. The van der Waals surface area contributed by atoms with E-state index in [0.29, 0.717) is 0 Å². The van der Waals surface area contributed by atoms with E-state index in [1.807, 2.05) is 0 Å². The van der Waals surface area contributed by atoms with E-state index in [4.69, 9.17) is 0 Å². The van der Waals surface area contributed by atoms with Crippen molar-refractivity contribution in [2.24, 2.45) is 7.05 Å². The summed E-state index contributed by atoms with van der Waals surface area (Å²) < 4.78 is 3.52. The van der Waals surface area contributed by atoms with Crippen LogP contribution in [0.2, 0.25) is 0 Å². The number of hydrogen-bond acceptors (Lipinski definition) is 4. The van der Waals surface area contributed by atoms with Crippen molar-refractivity contribution >= 4 is 45.1 Å². The van der Waals surface area contributed by atoms with Crippen LogP contribution in [-0.4, -0.2) is 18.8 Å². The van der Waals surface area contributed by atoms with E-state index < -0.39 is 0 Å². The molecular weight excluding hydrogens is 396 g/mol. The van der Waals surface area contributed by atoms with Crippen LogP contribution < -0.4 is 9.47 Å². The van der Waals surface area contributed by atoms with Crippen LogP contribution in [0.5, 0.6) is 0 Å². The van der Waals surface area contributed by atoms with Crippen molar-refractivity contribution in [2.45, 2.75) is 17.7 Å². The molecule has 3 nitrogen and oxygen atoms in total. The molecule has 1 aromatic heterocycles. The number of fused-ring (bicyclic) bond motifs is 2. The molecule has 1 N–H and O–H groups in total. The highest BCUT2D eigenvalue weighted by Crippen LogP contribution is 2.44. The number of thiazole rings is 1. The molecule has 0 saturated carbocycles. The van der Waals surface area contributed by atoms with Crippen molar-refractivity contribution in [2.75, 3.05) is 18.6 Å². The number of aromatic nitrogens is 1. The van der Waals surface area contributed by atoms with E-state index in [-0.39, 0.29) is 6.61 Å². The van der Waals surface area contributed by atoms with Gasteiger partial charge in [0.15, 0.2) is 0 Å². The first kappa shape index (κ1) is 20.0. The molecule has 0 atom stereocenters. The number of rotatable bonds is 6. The Hall–Kier alpha value is -2.34. The fraction of sp³-hybridized carbons (Fsp3) is 0.208. The molecule has 0 saturated heterocycles. The number of benzene rings is 2. The molecule has 29 heavy (non-hydrogen) atoms. The average Bonchev–Trinajstić information content (AvgIpc) is 3.25. The molecule has 5 heteroatoms. The number of hydrogen-bond donors (Lipinski definition) is 1. The maximum absolute atomic E-state index is 9.30. The smallest absolute Gasteiger partial charge is 0.262 e. The van der Waals surface area contributed by atoms with Crippen LogP contribution in [0.3, 0.4) is 0 Å². The van der Waals surface area contributed by atoms with Gasteiger partial charge in [0, 0.05) is 30.7 Å². The largest absolute Gasteiger partial charge is 0.396 e. The summed E-state index contributed by atoms with van der Waals surface area (Å²) in [4.78, 5) is 3.52. The topological polar surface area (TPSA) is 27.4 Å². The van der Waals surface area contributed by atoms with E-state index in [1.54, 1.807) is 23.1 Å². The van der Waals surface area contributed by atoms with E-state index in [0.717, 1.165) is 12.8 Å². The fourth-order valence-electron chi connectivity index (χ4n) is 3.39. The van der Waals surface area contributed by atoms with Crippen LogP contribution in [-0.2, 0) is 7.05 Å². The molecule has 0 aliphatic carbocycles. The second-order valence-corrected chi connectivity index (χ2v) is 9.13. The number of aliphatic hydroxyl groups is 1. The predicted molar refractivity (Wildman–Crippen MR) is 125 cm³/mol. The Labute approximate surface area is 180 Å². The minimum absolute atomic E-state index is 0.207. The summed E-state index contributed by atoms with van der Waals surface area (Å²) in [6.45, 7) is 0.207. The second-order valence-electron chi connectivity index (χ2n) is 7.00. The Kier molecular flexibility index (Phi) is 6.19. The fourth-order valence-corrected chi connectivity index (χ4v) is 5.50. The molecule has 1 aliphatic rings. The van der Waals surface area contributed by atoms with Gasteiger partial charge in [-0.3, -0.25) is 0 Å². The van der Waals surface area contributed by atoms with Crippen LogP contribution in [0, 0.1) is 0 Å². The Morgan fingerprint density at radius 3 is 2.72 bits per heavy atom. The third-order valence-corrected chi connectivity index (χ3v) is 7.42. The summed E-state index contributed by atoms with van der Waals surface area (Å²) in [5, 5.41) is 11.7. The average molecular weight is 422 g/mol. The summed E-state index contributed by atoms with van der Waals surface area (Å²) in [7, 11) is 4.22. The Morgan fingerprint density at radius 2 is 1.93 bits per heavy atom. The minimum Gasteiger partial charge on any atom is -0.396 e. The number of aliphatic hydroxyl groups excluding tert-OH is 1. The van der Waals surface area contributed by atoms with Gasteiger partial charge in [0.25, 0.3) is 5.01 Å². The first-order chi connectivity index (χ1) is 14.2. The quantitative estimate of drug-likeness (QED) is 0.419. The molecule has 2 aromatic carbocycles. The van der Waals surface area contributed by atoms with Crippen molar-refractivity contribution in [3.8, 4) is 0 Å². The van der Waals surface area contributed by atoms with E-state index in [2.05, 4.69) is 96.4 Å². The van der Waals surface area contributed by atoms with Gasteiger partial charge in [0.1, 0.15) is 11.7 Å². The third kappa shape index (κ3) is 4.32. The standard InChI is InChI=1S/C24H25N2OS2/c1-25-19-9-3-5-11-21(19)28-23(25)15-13-18(8-7-17-27)14-16-24-26(2)20-10-4-6-12-22(20)29-24/h3-6,9-16,27H,7-8,17H2,1-2H3/q+1. The van der Waals surface area contributed by atoms with Gasteiger partial charge in [-0.05, 0) is 42.7 Å². The van der Waals surface area contributed by atoms with Crippen molar-refractivity contribution in [3.05, 3.63) is 82.4 Å². The van der Waals surface area contributed by atoms with Gasteiger partial charge in [0.05, 0.1) is 10.7 Å². The molecule has 3 aromatic rings. The van der Waals surface area contributed by atoms with Crippen LogP contribution in [0.1, 0.15) is 17.8 Å². The molecule has 0 bridgehead atoms. The molecule has 0 unspecified atom stereocenters. The lowest BCUT2D eigenvalue weighted by Crippen LogP contribution is -2.28. The number of allylic oxidation sites excluding steroid dienone is 4. The number of nitrogens with zero attached hydrogens (tertiary/aromatic N) is 2. The summed E-state index contributed by atoms with van der Waals surface area (Å²) >= 11 is 3.59. The van der Waals surface area contributed by atoms with E-state index in [9.17, 15) is 5.11 Å². The number of thioether (sulfide) groups is 1.